The first-order chi connectivity index (χ1) is 21.1. The zero-order valence-corrected chi connectivity index (χ0v) is 28.1. The van der Waals surface area contributed by atoms with Crippen LogP contribution in [0.25, 0.3) is 0 Å². The van der Waals surface area contributed by atoms with Crippen LogP contribution in [0, 0.1) is 17.8 Å². The first-order valence-corrected chi connectivity index (χ1v) is 18.1. The molecule has 1 N–H and O–H groups in total. The van der Waals surface area contributed by atoms with Crippen LogP contribution >= 0.6 is 11.6 Å². The van der Waals surface area contributed by atoms with Crippen molar-refractivity contribution in [2.75, 3.05) is 25.1 Å². The van der Waals surface area contributed by atoms with E-state index in [2.05, 4.69) is 28.7 Å². The Labute approximate surface area is 268 Å². The molecule has 0 aromatic heterocycles. The number of sulfonamides is 1. The van der Waals surface area contributed by atoms with Crippen LogP contribution in [0.4, 0.5) is 5.69 Å². The van der Waals surface area contributed by atoms with Gasteiger partial charge in [0.2, 0.25) is 10.0 Å². The molecule has 0 spiro atoms. The van der Waals surface area contributed by atoms with Crippen LogP contribution in [-0.2, 0) is 27.8 Å². The monoisotopic (exact) mass is 642 g/mol. The summed E-state index contributed by atoms with van der Waals surface area (Å²) in [4.78, 5) is 15.8. The summed E-state index contributed by atoms with van der Waals surface area (Å²) in [5.74, 6) is 0.617. The fraction of sp³-hybridized carbons (Fsp3) is 0.571. The zero-order chi connectivity index (χ0) is 31.5. The van der Waals surface area contributed by atoms with E-state index in [1.807, 2.05) is 44.4 Å². The molecule has 1 saturated carbocycles. The maximum atomic E-state index is 13.4. The second kappa shape index (κ2) is 13.8. The van der Waals surface area contributed by atoms with Crippen molar-refractivity contribution in [1.29, 1.82) is 0 Å². The van der Waals surface area contributed by atoms with E-state index in [9.17, 15) is 13.2 Å². The van der Waals surface area contributed by atoms with Crippen molar-refractivity contribution >= 4 is 33.2 Å². The third kappa shape index (κ3) is 6.97. The van der Waals surface area contributed by atoms with Gasteiger partial charge in [-0.15, -0.1) is 0 Å². The number of nitrogens with one attached hydrogen (secondary N) is 1. The number of benzene rings is 2. The summed E-state index contributed by atoms with van der Waals surface area (Å²) in [5.41, 5.74) is 3.01. The number of anilines is 1. The summed E-state index contributed by atoms with van der Waals surface area (Å²) in [5, 5.41) is -0.0324. The Morgan fingerprint density at radius 1 is 1.11 bits per heavy atom. The number of amides is 1. The molecular formula is C35H47ClN2O5S. The van der Waals surface area contributed by atoms with Gasteiger partial charge in [0.25, 0.3) is 5.91 Å². The van der Waals surface area contributed by atoms with E-state index in [1.165, 1.54) is 5.56 Å². The van der Waals surface area contributed by atoms with Crippen LogP contribution in [0.2, 0.25) is 5.02 Å². The second-order valence-electron chi connectivity index (χ2n) is 12.9. The van der Waals surface area contributed by atoms with Gasteiger partial charge < -0.3 is 14.4 Å². The summed E-state index contributed by atoms with van der Waals surface area (Å²) in [6, 6.07) is 11.2. The number of hydrogen-bond acceptors (Lipinski definition) is 6. The number of nitrogens with zero attached hydrogens (tertiary/aromatic N) is 1. The molecule has 2 heterocycles. The molecule has 1 fully saturated rings. The van der Waals surface area contributed by atoms with Crippen LogP contribution in [-0.4, -0.2) is 45.4 Å². The maximum absolute atomic E-state index is 13.4. The Morgan fingerprint density at radius 2 is 1.93 bits per heavy atom. The molecule has 2 aromatic rings. The van der Waals surface area contributed by atoms with Gasteiger partial charge in [-0.2, -0.15) is 0 Å². The van der Waals surface area contributed by atoms with E-state index in [0.717, 1.165) is 74.3 Å². The number of halogens is 1. The molecule has 7 nitrogen and oxygen atoms in total. The number of fused-ring (bicyclic) bond motifs is 3. The lowest BCUT2D eigenvalue weighted by atomic mass is 9.63. The zero-order valence-electron chi connectivity index (χ0n) is 26.5. The van der Waals surface area contributed by atoms with Gasteiger partial charge in [-0.25, -0.2) is 13.1 Å². The van der Waals surface area contributed by atoms with E-state index in [0.29, 0.717) is 36.2 Å². The summed E-state index contributed by atoms with van der Waals surface area (Å²) in [6.07, 6.45) is 11.8. The van der Waals surface area contributed by atoms with Crippen molar-refractivity contribution in [3.8, 4) is 5.75 Å². The summed E-state index contributed by atoms with van der Waals surface area (Å²) < 4.78 is 41.9. The van der Waals surface area contributed by atoms with Crippen LogP contribution in [0.1, 0.15) is 87.2 Å². The summed E-state index contributed by atoms with van der Waals surface area (Å²) in [6.45, 7) is 7.75. The lowest BCUT2D eigenvalue weighted by molar-refractivity contribution is -0.0802. The van der Waals surface area contributed by atoms with E-state index in [4.69, 9.17) is 21.1 Å². The van der Waals surface area contributed by atoms with Crippen molar-refractivity contribution in [3.63, 3.8) is 0 Å². The molecule has 2 aromatic carbocycles. The number of carbonyl (C=O) groups is 1. The summed E-state index contributed by atoms with van der Waals surface area (Å²) >= 11 is 6.35. The molecule has 2 bridgehead atoms. The van der Waals surface area contributed by atoms with Gasteiger partial charge in [0.15, 0.2) is 0 Å². The smallest absolute Gasteiger partial charge is 0.264 e. The normalized spacial score (nSPS) is 29.9. The number of aryl methyl sites for hydroxylation is 1. The minimum atomic E-state index is -3.91. The van der Waals surface area contributed by atoms with Gasteiger partial charge in [-0.1, -0.05) is 50.1 Å². The SMILES string of the molecule is CCC[C@@]1(OC)/C=C/C[C@H](C)[C@@H](C)S(=O)(=O)NC(=O)c2ccc3c(c2)N(CCCCc2cc(Cl)ccc2CO3)C[C@@H]2CC[C@H]21. The average Bonchev–Trinajstić information content (AvgIpc) is 3.01. The molecule has 0 radical (unpaired) electrons. The first-order valence-electron chi connectivity index (χ1n) is 16.1. The van der Waals surface area contributed by atoms with Crippen LogP contribution < -0.4 is 14.4 Å². The Morgan fingerprint density at radius 3 is 2.66 bits per heavy atom. The minimum absolute atomic E-state index is 0.188. The third-order valence-electron chi connectivity index (χ3n) is 10.2. The quantitative estimate of drug-likeness (QED) is 0.353. The molecule has 2 aliphatic heterocycles. The first kappa shape index (κ1) is 32.8. The van der Waals surface area contributed by atoms with Crippen LogP contribution in [0.5, 0.6) is 5.75 Å². The number of methoxy groups -OCH3 is 1. The average molecular weight is 643 g/mol. The highest BCUT2D eigenvalue weighted by Gasteiger charge is 2.46. The molecule has 1 amide bonds. The van der Waals surface area contributed by atoms with E-state index >= 15 is 0 Å². The van der Waals surface area contributed by atoms with Crippen molar-refractivity contribution in [1.82, 2.24) is 4.72 Å². The Hall–Kier alpha value is -2.55. The largest absolute Gasteiger partial charge is 0.487 e. The van der Waals surface area contributed by atoms with Gasteiger partial charge in [-0.3, -0.25) is 4.79 Å². The molecule has 240 valence electrons. The fourth-order valence-corrected chi connectivity index (χ4v) is 8.64. The number of allylic oxidation sites excluding steroid dienone is 1. The summed E-state index contributed by atoms with van der Waals surface area (Å²) in [7, 11) is -2.10. The minimum Gasteiger partial charge on any atom is -0.487 e. The molecule has 5 atom stereocenters. The Kier molecular flexibility index (Phi) is 10.3. The molecule has 44 heavy (non-hydrogen) atoms. The molecule has 0 saturated heterocycles. The fourth-order valence-electron chi connectivity index (χ4n) is 7.16. The van der Waals surface area contributed by atoms with Gasteiger partial charge >= 0.3 is 0 Å². The van der Waals surface area contributed by atoms with E-state index < -0.39 is 26.8 Å². The highest BCUT2D eigenvalue weighted by atomic mass is 35.5. The molecule has 3 aliphatic rings. The molecule has 5 rings (SSSR count). The van der Waals surface area contributed by atoms with Gasteiger partial charge in [-0.05, 0) is 111 Å². The third-order valence-corrected chi connectivity index (χ3v) is 12.3. The predicted molar refractivity (Wildman–Crippen MR) is 177 cm³/mol. The standard InChI is InChI=1S/C35H47ClN2O5S/c1-5-17-35(42-4)18-8-9-24(2)25(3)44(40,41)37-34(39)27-13-16-33-32(21-27)38(22-28-12-15-31(28)35)19-7-6-10-26-20-30(36)14-11-29(26)23-43-33/h8,11,13-14,16,18,20-21,24-25,28,31H,5-7,9-10,12,15,17,19,22-23H2,1-4H3,(H,37,39)/b18-8+/t24-,25+,28-,31+,35+/m0/s1. The number of hydrogen-bond donors (Lipinski definition) is 1. The molecule has 9 heteroatoms. The lowest BCUT2D eigenvalue weighted by Crippen LogP contribution is -2.51. The van der Waals surface area contributed by atoms with Crippen molar-refractivity contribution < 1.29 is 22.7 Å². The van der Waals surface area contributed by atoms with Crippen LogP contribution in [0.3, 0.4) is 0 Å². The number of carbonyl (C=O) groups excluding carboxylic acids is 1. The predicted octanol–water partition coefficient (Wildman–Crippen LogP) is 7.32. The lowest BCUT2D eigenvalue weighted by Gasteiger charge is -2.50. The van der Waals surface area contributed by atoms with E-state index in [-0.39, 0.29) is 5.92 Å². The van der Waals surface area contributed by atoms with Gasteiger partial charge in [0.05, 0.1) is 16.5 Å². The van der Waals surface area contributed by atoms with Crippen molar-refractivity contribution in [2.45, 2.75) is 89.6 Å². The highest BCUT2D eigenvalue weighted by Crippen LogP contribution is 2.48. The topological polar surface area (TPSA) is 84.9 Å². The van der Waals surface area contributed by atoms with Gasteiger partial charge in [0.1, 0.15) is 12.4 Å². The van der Waals surface area contributed by atoms with Gasteiger partial charge in [0, 0.05) is 30.8 Å². The van der Waals surface area contributed by atoms with Crippen molar-refractivity contribution in [2.24, 2.45) is 17.8 Å². The molecule has 1 aliphatic carbocycles. The molecular weight excluding hydrogens is 596 g/mol. The Balaban J connectivity index is 1.58. The second-order valence-corrected chi connectivity index (χ2v) is 15.4. The maximum Gasteiger partial charge on any atom is 0.264 e. The van der Waals surface area contributed by atoms with Crippen molar-refractivity contribution in [3.05, 3.63) is 70.3 Å². The Bertz CT molecular complexity index is 1480. The highest BCUT2D eigenvalue weighted by molar-refractivity contribution is 7.90. The molecule has 0 unspecified atom stereocenters. The number of rotatable bonds is 3. The van der Waals surface area contributed by atoms with E-state index in [1.54, 1.807) is 13.0 Å². The number of ether oxygens (including phenoxy) is 2. The van der Waals surface area contributed by atoms with Crippen LogP contribution in [0.15, 0.2) is 48.6 Å².